The second-order valence-corrected chi connectivity index (χ2v) is 8.04. The van der Waals surface area contributed by atoms with E-state index in [-0.39, 0.29) is 0 Å². The van der Waals surface area contributed by atoms with Gasteiger partial charge in [0, 0.05) is 12.1 Å². The summed E-state index contributed by atoms with van der Waals surface area (Å²) in [6.45, 7) is 3.27. The van der Waals surface area contributed by atoms with E-state index in [1.807, 2.05) is 24.3 Å². The van der Waals surface area contributed by atoms with Gasteiger partial charge in [0.2, 0.25) is 5.91 Å². The fourth-order valence-corrected chi connectivity index (χ4v) is 3.85. The Balaban J connectivity index is 1.76. The molecule has 2 aromatic rings. The van der Waals surface area contributed by atoms with E-state index in [9.17, 15) is 14.4 Å². The summed E-state index contributed by atoms with van der Waals surface area (Å²) in [5.41, 5.74) is 0.867. The number of imide groups is 1. The number of hydrogen-bond donors (Lipinski definition) is 2. The number of rotatable bonds is 8. The van der Waals surface area contributed by atoms with Gasteiger partial charge in [0.25, 0.3) is 5.91 Å². The molecule has 1 aliphatic heterocycles. The fraction of sp³-hybridized carbons (Fsp3) is 0.348. The quantitative estimate of drug-likeness (QED) is 0.586. The Labute approximate surface area is 191 Å². The molecule has 0 saturated carbocycles. The van der Waals surface area contributed by atoms with Crippen molar-refractivity contribution in [1.29, 1.82) is 0 Å². The van der Waals surface area contributed by atoms with Gasteiger partial charge in [0.05, 0.1) is 24.9 Å². The van der Waals surface area contributed by atoms with Gasteiger partial charge in [-0.3, -0.25) is 14.5 Å². The van der Waals surface area contributed by atoms with Gasteiger partial charge in [-0.05, 0) is 24.5 Å². The second kappa shape index (κ2) is 9.48. The molecule has 1 saturated heterocycles. The molecule has 170 valence electrons. The number of amides is 4. The smallest absolute Gasteiger partial charge is 0.325 e. The Morgan fingerprint density at radius 2 is 1.78 bits per heavy atom. The number of halogens is 1. The number of benzene rings is 2. The number of anilines is 1. The van der Waals surface area contributed by atoms with E-state index in [4.69, 9.17) is 21.1 Å². The molecule has 9 heteroatoms. The van der Waals surface area contributed by atoms with Crippen molar-refractivity contribution in [3.8, 4) is 11.5 Å². The number of nitrogens with zero attached hydrogens (tertiary/aromatic N) is 1. The minimum absolute atomic E-state index is 0.306. The first kappa shape index (κ1) is 23.4. The summed E-state index contributed by atoms with van der Waals surface area (Å²) in [7, 11) is 2.88. The zero-order valence-electron chi connectivity index (χ0n) is 18.5. The molecule has 0 spiro atoms. The van der Waals surface area contributed by atoms with Crippen molar-refractivity contribution in [3.05, 3.63) is 52.5 Å². The lowest BCUT2D eigenvalue weighted by molar-refractivity contribution is -0.133. The third kappa shape index (κ3) is 4.50. The van der Waals surface area contributed by atoms with Crippen molar-refractivity contribution in [2.24, 2.45) is 0 Å². The molecule has 0 aromatic heterocycles. The Kier molecular flexibility index (Phi) is 6.93. The minimum Gasteiger partial charge on any atom is -0.495 e. The highest BCUT2D eigenvalue weighted by atomic mass is 35.5. The molecule has 1 fully saturated rings. The fourth-order valence-electron chi connectivity index (χ4n) is 3.62. The third-order valence-electron chi connectivity index (χ3n) is 5.39. The number of carbonyl (C=O) groups excluding carboxylic acids is 3. The number of methoxy groups -OCH3 is 2. The molecular weight excluding hydrogens is 434 g/mol. The van der Waals surface area contributed by atoms with Crippen molar-refractivity contribution < 1.29 is 23.9 Å². The van der Waals surface area contributed by atoms with Crippen LogP contribution in [0.4, 0.5) is 10.5 Å². The lowest BCUT2D eigenvalue weighted by atomic mass is 9.91. The topological polar surface area (TPSA) is 97.0 Å². The normalized spacial score (nSPS) is 17.8. The molecule has 32 heavy (non-hydrogen) atoms. The number of ether oxygens (including phenoxy) is 2. The highest BCUT2D eigenvalue weighted by Crippen LogP contribution is 2.36. The molecule has 1 heterocycles. The van der Waals surface area contributed by atoms with Gasteiger partial charge in [-0.15, -0.1) is 0 Å². The maximum absolute atomic E-state index is 13.1. The number of carbonyl (C=O) groups is 3. The summed E-state index contributed by atoms with van der Waals surface area (Å²) in [6.07, 6.45) is 1.95. The van der Waals surface area contributed by atoms with Gasteiger partial charge in [0.15, 0.2) is 0 Å². The van der Waals surface area contributed by atoms with E-state index >= 15 is 0 Å². The van der Waals surface area contributed by atoms with E-state index < -0.39 is 29.9 Å². The summed E-state index contributed by atoms with van der Waals surface area (Å²) in [4.78, 5) is 39.2. The molecule has 0 aliphatic carbocycles. The van der Waals surface area contributed by atoms with Gasteiger partial charge in [-0.2, -0.15) is 0 Å². The largest absolute Gasteiger partial charge is 0.495 e. The summed E-state index contributed by atoms with van der Waals surface area (Å²) in [5.74, 6) is -0.407. The number of nitrogens with one attached hydrogen (secondary N) is 2. The van der Waals surface area contributed by atoms with E-state index in [0.29, 0.717) is 27.8 Å². The molecule has 0 bridgehead atoms. The minimum atomic E-state index is -1.25. The summed E-state index contributed by atoms with van der Waals surface area (Å²) in [5, 5.41) is 5.67. The summed E-state index contributed by atoms with van der Waals surface area (Å²) in [6, 6.07) is 9.93. The number of hydrogen-bond acceptors (Lipinski definition) is 5. The van der Waals surface area contributed by atoms with E-state index in [1.165, 1.54) is 26.4 Å². The second-order valence-electron chi connectivity index (χ2n) is 7.63. The lowest BCUT2D eigenvalue weighted by Gasteiger charge is -2.22. The first-order valence-electron chi connectivity index (χ1n) is 10.2. The first-order chi connectivity index (χ1) is 15.2. The standard InChI is InChI=1S/C23H26ClN3O5/c1-5-6-14-7-9-15(10-8-14)23(2)21(29)27(22(30)26-23)13-20(28)25-17-12-18(31-3)16(24)11-19(17)32-4/h7-12H,5-6,13H2,1-4H3,(H,25,28)(H,26,30). The Bertz CT molecular complexity index is 1040. The predicted octanol–water partition coefficient (Wildman–Crippen LogP) is 3.72. The Morgan fingerprint density at radius 3 is 2.38 bits per heavy atom. The van der Waals surface area contributed by atoms with E-state index in [1.54, 1.807) is 6.92 Å². The third-order valence-corrected chi connectivity index (χ3v) is 5.69. The zero-order chi connectivity index (χ0) is 23.5. The van der Waals surface area contributed by atoms with Crippen LogP contribution < -0.4 is 20.1 Å². The van der Waals surface area contributed by atoms with Crippen LogP contribution in [0.5, 0.6) is 11.5 Å². The van der Waals surface area contributed by atoms with Crippen LogP contribution in [0.3, 0.4) is 0 Å². The highest BCUT2D eigenvalue weighted by molar-refractivity contribution is 6.32. The summed E-state index contributed by atoms with van der Waals surface area (Å²) >= 11 is 6.09. The van der Waals surface area contributed by atoms with Crippen LogP contribution in [0, 0.1) is 0 Å². The van der Waals surface area contributed by atoms with Crippen molar-refractivity contribution in [2.45, 2.75) is 32.2 Å². The summed E-state index contributed by atoms with van der Waals surface area (Å²) < 4.78 is 10.4. The van der Waals surface area contributed by atoms with Crippen molar-refractivity contribution in [1.82, 2.24) is 10.2 Å². The highest BCUT2D eigenvalue weighted by Gasteiger charge is 2.49. The molecular formula is C23H26ClN3O5. The molecule has 2 aromatic carbocycles. The van der Waals surface area contributed by atoms with Crippen molar-refractivity contribution in [3.63, 3.8) is 0 Å². The maximum atomic E-state index is 13.1. The number of urea groups is 1. The molecule has 1 atom stereocenters. The van der Waals surface area contributed by atoms with Gasteiger partial charge in [0.1, 0.15) is 23.6 Å². The molecule has 4 amide bonds. The molecule has 8 nitrogen and oxygen atoms in total. The van der Waals surface area contributed by atoms with Crippen LogP contribution in [-0.4, -0.2) is 43.5 Å². The van der Waals surface area contributed by atoms with Crippen LogP contribution in [0.1, 0.15) is 31.4 Å². The molecule has 2 N–H and O–H groups in total. The predicted molar refractivity (Wildman–Crippen MR) is 121 cm³/mol. The Hall–Kier alpha value is -3.26. The average Bonchev–Trinajstić information content (AvgIpc) is 2.99. The van der Waals surface area contributed by atoms with Crippen LogP contribution in [0.15, 0.2) is 36.4 Å². The van der Waals surface area contributed by atoms with Crippen LogP contribution >= 0.6 is 11.6 Å². The molecule has 1 unspecified atom stereocenters. The van der Waals surface area contributed by atoms with Crippen LogP contribution in [0.25, 0.3) is 0 Å². The van der Waals surface area contributed by atoms with Crippen molar-refractivity contribution in [2.75, 3.05) is 26.1 Å². The van der Waals surface area contributed by atoms with Crippen LogP contribution in [-0.2, 0) is 21.5 Å². The average molecular weight is 460 g/mol. The lowest BCUT2D eigenvalue weighted by Crippen LogP contribution is -2.42. The number of aryl methyl sites for hydroxylation is 1. The van der Waals surface area contributed by atoms with Gasteiger partial charge in [-0.25, -0.2) is 4.79 Å². The monoisotopic (exact) mass is 459 g/mol. The SMILES string of the molecule is CCCc1ccc(C2(C)NC(=O)N(CC(=O)Nc3cc(OC)c(Cl)cc3OC)C2=O)cc1. The van der Waals surface area contributed by atoms with E-state index in [2.05, 4.69) is 17.6 Å². The zero-order valence-corrected chi connectivity index (χ0v) is 19.2. The molecule has 0 radical (unpaired) electrons. The van der Waals surface area contributed by atoms with Gasteiger partial charge >= 0.3 is 6.03 Å². The van der Waals surface area contributed by atoms with E-state index in [0.717, 1.165) is 23.3 Å². The van der Waals surface area contributed by atoms with Gasteiger partial charge in [-0.1, -0.05) is 49.2 Å². The first-order valence-corrected chi connectivity index (χ1v) is 10.6. The maximum Gasteiger partial charge on any atom is 0.325 e. The van der Waals surface area contributed by atoms with Gasteiger partial charge < -0.3 is 20.1 Å². The Morgan fingerprint density at radius 1 is 1.12 bits per heavy atom. The van der Waals surface area contributed by atoms with Crippen molar-refractivity contribution >= 4 is 35.1 Å². The van der Waals surface area contributed by atoms with Crippen LogP contribution in [0.2, 0.25) is 5.02 Å². The molecule has 1 aliphatic rings. The molecule has 3 rings (SSSR count).